The summed E-state index contributed by atoms with van der Waals surface area (Å²) in [6.07, 6.45) is 0. The van der Waals surface area contributed by atoms with Crippen molar-refractivity contribution < 1.29 is 69.4 Å². The van der Waals surface area contributed by atoms with Crippen molar-refractivity contribution in [3.05, 3.63) is 12.3 Å². The zero-order valence-electron chi connectivity index (χ0n) is 7.99. The van der Waals surface area contributed by atoms with Crippen LogP contribution in [0.2, 0.25) is 0 Å². The standard InChI is InChI=1S/2CHF3O3S.Cu.2H2N/c2*2-1(3,4)8(5,6)7;;;/h2*(H,5,6,7);;2*1H2/q;;+2;2*-1/p-2. The molecule has 0 aliphatic heterocycles. The molecule has 0 bridgehead atoms. The van der Waals surface area contributed by atoms with Crippen LogP contribution in [-0.4, -0.2) is 37.0 Å². The summed E-state index contributed by atoms with van der Waals surface area (Å²) in [4.78, 5) is 0. The van der Waals surface area contributed by atoms with Crippen LogP contribution in [0.5, 0.6) is 0 Å². The maximum absolute atomic E-state index is 10.7. The van der Waals surface area contributed by atoms with Gasteiger partial charge in [0.2, 0.25) is 0 Å². The van der Waals surface area contributed by atoms with Gasteiger partial charge >= 0.3 is 28.1 Å². The molecule has 0 fully saturated rings. The molecular weight excluding hydrogens is 390 g/mol. The Hall–Kier alpha value is -0.161. The van der Waals surface area contributed by atoms with E-state index in [0.29, 0.717) is 0 Å². The van der Waals surface area contributed by atoms with Crippen LogP contribution in [0.3, 0.4) is 0 Å². The molecule has 17 heteroatoms. The average molecular weight is 394 g/mol. The van der Waals surface area contributed by atoms with Crippen LogP contribution in [0, 0.1) is 0 Å². The van der Waals surface area contributed by atoms with Gasteiger partial charge < -0.3 is 21.4 Å². The number of halogens is 6. The van der Waals surface area contributed by atoms with Gasteiger partial charge in [0.25, 0.3) is 0 Å². The zero-order chi connectivity index (χ0) is 14.0. The Kier molecular flexibility index (Phi) is 14.7. The fourth-order valence-corrected chi connectivity index (χ4v) is 0. The van der Waals surface area contributed by atoms with Gasteiger partial charge in [0, 0.05) is 0 Å². The van der Waals surface area contributed by atoms with Crippen LogP contribution < -0.4 is 0 Å². The molecule has 4 N–H and O–H groups in total. The molecule has 0 heterocycles. The second-order valence-corrected chi connectivity index (χ2v) is 4.54. The van der Waals surface area contributed by atoms with E-state index in [4.69, 9.17) is 25.9 Å². The normalized spacial score (nSPS) is 11.8. The quantitative estimate of drug-likeness (QED) is 0.260. The topological polar surface area (TPSA) is 181 Å². The molecule has 0 atom stereocenters. The van der Waals surface area contributed by atoms with Crippen molar-refractivity contribution >= 4 is 20.2 Å². The fraction of sp³-hybridized carbons (Fsp3) is 1.00. The summed E-state index contributed by atoms with van der Waals surface area (Å²) in [7, 11) is -12.2. The van der Waals surface area contributed by atoms with E-state index < -0.39 is 31.3 Å². The van der Waals surface area contributed by atoms with Crippen LogP contribution in [0.1, 0.15) is 0 Å². The maximum atomic E-state index is 10.7. The molecule has 0 saturated carbocycles. The number of rotatable bonds is 0. The molecule has 0 unspecified atom stereocenters. The maximum Gasteiger partial charge on any atom is 2.00 e. The second-order valence-electron chi connectivity index (χ2n) is 1.80. The van der Waals surface area contributed by atoms with Gasteiger partial charge in [0.1, 0.15) is 0 Å². The summed E-state index contributed by atoms with van der Waals surface area (Å²) in [5.74, 6) is 0. The SMILES string of the molecule is O=S(=O)([O-])C(F)(F)F.O=S(=O)([O-])C(F)(F)F.[Cu+2].[NH2-].[NH2-]. The van der Waals surface area contributed by atoms with Gasteiger partial charge in [0.15, 0.2) is 20.2 Å². The summed E-state index contributed by atoms with van der Waals surface area (Å²) >= 11 is 0. The van der Waals surface area contributed by atoms with Crippen LogP contribution >= 0.6 is 0 Å². The van der Waals surface area contributed by atoms with Crippen LogP contribution in [0.25, 0.3) is 12.3 Å². The van der Waals surface area contributed by atoms with Crippen molar-refractivity contribution in [2.75, 3.05) is 0 Å². The van der Waals surface area contributed by atoms with E-state index in [1.54, 1.807) is 0 Å². The van der Waals surface area contributed by atoms with Gasteiger partial charge in [-0.15, -0.1) is 0 Å². The van der Waals surface area contributed by atoms with Crippen LogP contribution in [0.4, 0.5) is 26.3 Å². The van der Waals surface area contributed by atoms with Crippen molar-refractivity contribution in [2.24, 2.45) is 0 Å². The van der Waals surface area contributed by atoms with Gasteiger partial charge in [-0.2, -0.15) is 26.3 Å². The Bertz CT molecular complexity index is 384. The smallest absolute Gasteiger partial charge is 0.741 e. The predicted molar refractivity (Wildman–Crippen MR) is 42.1 cm³/mol. The molecule has 0 amide bonds. The summed E-state index contributed by atoms with van der Waals surface area (Å²) in [6.45, 7) is 0. The molecule has 125 valence electrons. The summed E-state index contributed by atoms with van der Waals surface area (Å²) < 4.78 is 118. The first kappa shape index (κ1) is 31.3. The van der Waals surface area contributed by atoms with Crippen molar-refractivity contribution in [1.29, 1.82) is 0 Å². The van der Waals surface area contributed by atoms with Crippen LogP contribution in [0.15, 0.2) is 0 Å². The average Bonchev–Trinajstić information content (AvgIpc) is 1.77. The summed E-state index contributed by atoms with van der Waals surface area (Å²) in [6, 6.07) is 0. The number of alkyl halides is 6. The molecule has 0 spiro atoms. The Morgan fingerprint density at radius 2 is 0.684 bits per heavy atom. The summed E-state index contributed by atoms with van der Waals surface area (Å²) in [5, 5.41) is 0. The molecule has 0 aliphatic carbocycles. The van der Waals surface area contributed by atoms with Crippen molar-refractivity contribution in [3.8, 4) is 0 Å². The molecule has 8 nitrogen and oxygen atoms in total. The van der Waals surface area contributed by atoms with Crippen LogP contribution in [-0.2, 0) is 37.3 Å². The first-order valence-corrected chi connectivity index (χ1v) is 5.36. The van der Waals surface area contributed by atoms with Gasteiger partial charge in [-0.25, -0.2) is 16.8 Å². The monoisotopic (exact) mass is 393 g/mol. The molecule has 0 aromatic carbocycles. The molecule has 0 rings (SSSR count). The third-order valence-electron chi connectivity index (χ3n) is 0.567. The number of nitrogens with two attached hydrogens (primary N) is 2. The molecule has 0 saturated heterocycles. The third kappa shape index (κ3) is 14.1. The third-order valence-corrected chi connectivity index (χ3v) is 1.70. The Balaban J connectivity index is -0.0000000594. The van der Waals surface area contributed by atoms with E-state index in [0.717, 1.165) is 0 Å². The molecular formula is C2H4CuF6N2O6S2-2. The van der Waals surface area contributed by atoms with Gasteiger partial charge in [-0.3, -0.25) is 0 Å². The number of hydrogen-bond acceptors (Lipinski definition) is 6. The molecule has 1 radical (unpaired) electrons. The zero-order valence-corrected chi connectivity index (χ0v) is 10.6. The molecule has 0 aromatic heterocycles. The predicted octanol–water partition coefficient (Wildman–Crippen LogP) is 1.53. The molecule has 0 aromatic rings. The van der Waals surface area contributed by atoms with E-state index in [-0.39, 0.29) is 29.4 Å². The van der Waals surface area contributed by atoms with Gasteiger partial charge in [0.05, 0.1) is 0 Å². The minimum absolute atomic E-state index is 0. The Morgan fingerprint density at radius 3 is 0.684 bits per heavy atom. The summed E-state index contributed by atoms with van der Waals surface area (Å²) in [5.41, 5.74) is -11.3. The largest absolute Gasteiger partial charge is 2.00 e. The minimum Gasteiger partial charge on any atom is -0.741 e. The van der Waals surface area contributed by atoms with Crippen molar-refractivity contribution in [3.63, 3.8) is 0 Å². The molecule has 19 heavy (non-hydrogen) atoms. The first-order valence-electron chi connectivity index (χ1n) is 2.54. The van der Waals surface area contributed by atoms with E-state index in [2.05, 4.69) is 0 Å². The van der Waals surface area contributed by atoms with Crippen molar-refractivity contribution in [2.45, 2.75) is 11.0 Å². The van der Waals surface area contributed by atoms with E-state index in [1.807, 2.05) is 0 Å². The first-order chi connectivity index (χ1) is 6.50. The van der Waals surface area contributed by atoms with E-state index >= 15 is 0 Å². The minimum atomic E-state index is -6.09. The fourth-order valence-electron chi connectivity index (χ4n) is 0. The van der Waals surface area contributed by atoms with E-state index in [1.165, 1.54) is 0 Å². The Labute approximate surface area is 113 Å². The second kappa shape index (κ2) is 8.90. The van der Waals surface area contributed by atoms with Crippen molar-refractivity contribution in [1.82, 2.24) is 0 Å². The Morgan fingerprint density at radius 1 is 0.632 bits per heavy atom. The number of hydrogen-bond donors (Lipinski definition) is 0. The van der Waals surface area contributed by atoms with E-state index in [9.17, 15) is 26.3 Å². The van der Waals surface area contributed by atoms with Gasteiger partial charge in [-0.05, 0) is 0 Å². The van der Waals surface area contributed by atoms with Gasteiger partial charge in [-0.1, -0.05) is 0 Å². The molecule has 0 aliphatic rings.